The minimum Gasteiger partial charge on any atom is -0.330 e. The zero-order valence-corrected chi connectivity index (χ0v) is 10.3. The van der Waals surface area contributed by atoms with Crippen LogP contribution in [-0.2, 0) is 0 Å². The summed E-state index contributed by atoms with van der Waals surface area (Å²) in [7, 11) is 4.36. The zero-order chi connectivity index (χ0) is 11.0. The lowest BCUT2D eigenvalue weighted by Gasteiger charge is -2.22. The van der Waals surface area contributed by atoms with Gasteiger partial charge in [-0.3, -0.25) is 0 Å². The highest BCUT2D eigenvalue weighted by atomic mass is 15.1. The van der Waals surface area contributed by atoms with Crippen LogP contribution in [0, 0.1) is 0 Å². The summed E-state index contributed by atoms with van der Waals surface area (Å²) in [4.78, 5) is 4.75. The summed E-state index contributed by atoms with van der Waals surface area (Å²) in [6.45, 7) is 8.76. The van der Waals surface area contributed by atoms with Gasteiger partial charge in [0, 0.05) is 6.04 Å². The maximum atomic E-state index is 5.46. The normalized spacial score (nSPS) is 12.0. The minimum atomic E-state index is 0.657. The van der Waals surface area contributed by atoms with Gasteiger partial charge >= 0.3 is 0 Å². The molecule has 0 rings (SSSR count). The van der Waals surface area contributed by atoms with E-state index in [4.69, 9.17) is 5.73 Å². The van der Waals surface area contributed by atoms with Crippen molar-refractivity contribution in [1.29, 1.82) is 0 Å². The van der Waals surface area contributed by atoms with Crippen LogP contribution >= 0.6 is 0 Å². The molecule has 3 heteroatoms. The Labute approximate surface area is 89.2 Å². The van der Waals surface area contributed by atoms with Crippen molar-refractivity contribution in [3.8, 4) is 0 Å². The number of hydrogen-bond donors (Lipinski definition) is 1. The van der Waals surface area contributed by atoms with E-state index in [0.29, 0.717) is 6.04 Å². The molecule has 0 aliphatic carbocycles. The van der Waals surface area contributed by atoms with Gasteiger partial charge in [0.2, 0.25) is 0 Å². The van der Waals surface area contributed by atoms with Gasteiger partial charge in [-0.1, -0.05) is 0 Å². The molecule has 0 heterocycles. The molecule has 0 atom stereocenters. The monoisotopic (exact) mass is 201 g/mol. The van der Waals surface area contributed by atoms with Crippen LogP contribution in [0.25, 0.3) is 0 Å². The van der Waals surface area contributed by atoms with E-state index >= 15 is 0 Å². The van der Waals surface area contributed by atoms with E-state index in [1.54, 1.807) is 0 Å². The Hall–Kier alpha value is -0.120. The van der Waals surface area contributed by atoms with Gasteiger partial charge in [-0.15, -0.1) is 0 Å². The molecule has 0 saturated carbocycles. The second-order valence-corrected chi connectivity index (χ2v) is 4.37. The summed E-state index contributed by atoms with van der Waals surface area (Å²) in [5.41, 5.74) is 5.46. The summed E-state index contributed by atoms with van der Waals surface area (Å²) in [6, 6.07) is 0.657. The second-order valence-electron chi connectivity index (χ2n) is 4.37. The lowest BCUT2D eigenvalue weighted by Crippen LogP contribution is -2.30. The van der Waals surface area contributed by atoms with Gasteiger partial charge in [0.1, 0.15) is 0 Å². The van der Waals surface area contributed by atoms with Crippen molar-refractivity contribution in [3.05, 3.63) is 0 Å². The van der Waals surface area contributed by atoms with Crippen molar-refractivity contribution in [2.24, 2.45) is 5.73 Å². The van der Waals surface area contributed by atoms with Crippen molar-refractivity contribution < 1.29 is 0 Å². The molecule has 0 saturated heterocycles. The van der Waals surface area contributed by atoms with Gasteiger partial charge in [0.25, 0.3) is 0 Å². The van der Waals surface area contributed by atoms with Gasteiger partial charge in [-0.2, -0.15) is 0 Å². The molecule has 0 aromatic carbocycles. The van der Waals surface area contributed by atoms with E-state index in [-0.39, 0.29) is 0 Å². The van der Waals surface area contributed by atoms with Crippen LogP contribution in [0.2, 0.25) is 0 Å². The van der Waals surface area contributed by atoms with Crippen molar-refractivity contribution >= 4 is 0 Å². The van der Waals surface area contributed by atoms with Gasteiger partial charge in [0.15, 0.2) is 0 Å². The van der Waals surface area contributed by atoms with Gasteiger partial charge in [0.05, 0.1) is 0 Å². The molecule has 2 N–H and O–H groups in total. The molecule has 0 aromatic rings. The highest BCUT2D eigenvalue weighted by molar-refractivity contribution is 4.59. The van der Waals surface area contributed by atoms with Crippen LogP contribution in [0.3, 0.4) is 0 Å². The molecule has 0 bridgehead atoms. The van der Waals surface area contributed by atoms with E-state index in [0.717, 1.165) is 19.5 Å². The maximum Gasteiger partial charge on any atom is 0.00355 e. The van der Waals surface area contributed by atoms with Crippen LogP contribution in [0.15, 0.2) is 0 Å². The number of rotatable bonds is 8. The van der Waals surface area contributed by atoms with E-state index in [2.05, 4.69) is 37.7 Å². The predicted molar refractivity (Wildman–Crippen MR) is 63.6 cm³/mol. The Morgan fingerprint density at radius 3 is 2.07 bits per heavy atom. The van der Waals surface area contributed by atoms with Crippen molar-refractivity contribution in [3.63, 3.8) is 0 Å². The van der Waals surface area contributed by atoms with Crippen molar-refractivity contribution in [1.82, 2.24) is 9.80 Å². The van der Waals surface area contributed by atoms with Gasteiger partial charge < -0.3 is 15.5 Å². The molecule has 0 fully saturated rings. The molecule has 0 aliphatic heterocycles. The summed E-state index contributed by atoms with van der Waals surface area (Å²) in [5.74, 6) is 0. The standard InChI is InChI=1S/C11H27N3/c1-11(2)14(4)10-6-9-13(3)8-5-7-12/h11H,5-10,12H2,1-4H3. The fourth-order valence-corrected chi connectivity index (χ4v) is 1.32. The van der Waals surface area contributed by atoms with Crippen LogP contribution < -0.4 is 5.73 Å². The van der Waals surface area contributed by atoms with Crippen molar-refractivity contribution in [2.45, 2.75) is 32.7 Å². The first-order valence-corrected chi connectivity index (χ1v) is 5.66. The summed E-state index contributed by atoms with van der Waals surface area (Å²) < 4.78 is 0. The first-order valence-electron chi connectivity index (χ1n) is 5.66. The molecule has 86 valence electrons. The number of nitrogens with two attached hydrogens (primary N) is 1. The second kappa shape index (κ2) is 8.21. The number of nitrogens with zero attached hydrogens (tertiary/aromatic N) is 2. The molecule has 3 nitrogen and oxygen atoms in total. The Morgan fingerprint density at radius 2 is 1.57 bits per heavy atom. The molecule has 0 aliphatic rings. The highest BCUT2D eigenvalue weighted by Crippen LogP contribution is 1.96. The van der Waals surface area contributed by atoms with E-state index in [9.17, 15) is 0 Å². The highest BCUT2D eigenvalue weighted by Gasteiger charge is 2.03. The Balaban J connectivity index is 3.34. The Morgan fingerprint density at radius 1 is 1.00 bits per heavy atom. The van der Waals surface area contributed by atoms with E-state index in [1.165, 1.54) is 19.5 Å². The molecule has 0 unspecified atom stereocenters. The summed E-state index contributed by atoms with van der Waals surface area (Å²) in [6.07, 6.45) is 2.35. The van der Waals surface area contributed by atoms with E-state index in [1.807, 2.05) is 0 Å². The Bertz CT molecular complexity index is 126. The topological polar surface area (TPSA) is 32.5 Å². The molecule has 14 heavy (non-hydrogen) atoms. The first kappa shape index (κ1) is 13.9. The lowest BCUT2D eigenvalue weighted by molar-refractivity contribution is 0.244. The molecular formula is C11H27N3. The minimum absolute atomic E-state index is 0.657. The SMILES string of the molecule is CC(C)N(C)CCCN(C)CCCN. The van der Waals surface area contributed by atoms with Crippen molar-refractivity contribution in [2.75, 3.05) is 40.3 Å². The average Bonchev–Trinajstić information content (AvgIpc) is 2.14. The third kappa shape index (κ3) is 7.30. The smallest absolute Gasteiger partial charge is 0.00355 e. The average molecular weight is 201 g/mol. The summed E-state index contributed by atoms with van der Waals surface area (Å²) >= 11 is 0. The zero-order valence-electron chi connectivity index (χ0n) is 10.3. The summed E-state index contributed by atoms with van der Waals surface area (Å²) in [5, 5.41) is 0. The third-order valence-corrected chi connectivity index (χ3v) is 2.68. The molecular weight excluding hydrogens is 174 g/mol. The van der Waals surface area contributed by atoms with Crippen LogP contribution in [0.5, 0.6) is 0 Å². The first-order chi connectivity index (χ1) is 6.57. The maximum absolute atomic E-state index is 5.46. The third-order valence-electron chi connectivity index (χ3n) is 2.68. The molecule has 0 spiro atoms. The fraction of sp³-hybridized carbons (Fsp3) is 1.00. The largest absolute Gasteiger partial charge is 0.330 e. The van der Waals surface area contributed by atoms with Gasteiger partial charge in [-0.25, -0.2) is 0 Å². The van der Waals surface area contributed by atoms with Gasteiger partial charge in [-0.05, 0) is 67.0 Å². The van der Waals surface area contributed by atoms with Crippen LogP contribution in [0.1, 0.15) is 26.7 Å². The number of hydrogen-bond acceptors (Lipinski definition) is 3. The quantitative estimate of drug-likeness (QED) is 0.636. The van der Waals surface area contributed by atoms with E-state index < -0.39 is 0 Å². The predicted octanol–water partition coefficient (Wildman–Crippen LogP) is 0.997. The molecule has 0 radical (unpaired) electrons. The molecule has 0 amide bonds. The molecule has 0 aromatic heterocycles. The van der Waals surface area contributed by atoms with Crippen LogP contribution in [0.4, 0.5) is 0 Å². The Kier molecular flexibility index (Phi) is 8.14. The lowest BCUT2D eigenvalue weighted by atomic mass is 10.3. The fourth-order valence-electron chi connectivity index (χ4n) is 1.32. The van der Waals surface area contributed by atoms with Crippen LogP contribution in [-0.4, -0.2) is 56.1 Å².